The van der Waals surface area contributed by atoms with Crippen LogP contribution in [0.15, 0.2) is 22.7 Å². The number of rotatable bonds is 6. The molecule has 1 aromatic carbocycles. The first-order chi connectivity index (χ1) is 8.06. The Balaban J connectivity index is 2.75. The maximum Gasteiger partial charge on any atom is 0.123 e. The van der Waals surface area contributed by atoms with Crippen molar-refractivity contribution in [2.45, 2.75) is 52.1 Å². The topological polar surface area (TPSA) is 12.0 Å². The van der Waals surface area contributed by atoms with Gasteiger partial charge in [-0.05, 0) is 43.0 Å². The van der Waals surface area contributed by atoms with Gasteiger partial charge in [0, 0.05) is 16.6 Å². The molecule has 1 aromatic rings. The zero-order chi connectivity index (χ0) is 12.9. The first-order valence-electron chi connectivity index (χ1n) is 6.26. The predicted octanol–water partition coefficient (Wildman–Crippen LogP) is 4.65. The van der Waals surface area contributed by atoms with Crippen molar-refractivity contribution in [2.75, 3.05) is 0 Å². The van der Waals surface area contributed by atoms with Gasteiger partial charge in [-0.25, -0.2) is 4.39 Å². The Kier molecular flexibility index (Phi) is 5.60. The Morgan fingerprint density at radius 3 is 2.29 bits per heavy atom. The molecule has 0 fully saturated rings. The molecule has 0 radical (unpaired) electrons. The Bertz CT molecular complexity index is 353. The van der Waals surface area contributed by atoms with Crippen molar-refractivity contribution >= 4 is 15.9 Å². The summed E-state index contributed by atoms with van der Waals surface area (Å²) in [7, 11) is 0. The van der Waals surface area contributed by atoms with Crippen LogP contribution in [0.4, 0.5) is 4.39 Å². The van der Waals surface area contributed by atoms with Crippen molar-refractivity contribution in [1.29, 1.82) is 0 Å². The van der Waals surface area contributed by atoms with Crippen LogP contribution in [0.2, 0.25) is 0 Å². The van der Waals surface area contributed by atoms with Crippen LogP contribution in [0, 0.1) is 5.82 Å². The Morgan fingerprint density at radius 2 is 1.76 bits per heavy atom. The number of hydrogen-bond acceptors (Lipinski definition) is 1. The van der Waals surface area contributed by atoms with Crippen molar-refractivity contribution in [1.82, 2.24) is 5.32 Å². The third-order valence-corrected chi connectivity index (χ3v) is 4.47. The molecular formula is C14H21BrFN. The van der Waals surface area contributed by atoms with Crippen LogP contribution in [0.25, 0.3) is 0 Å². The van der Waals surface area contributed by atoms with Crippen LogP contribution in [0.1, 0.15) is 45.6 Å². The van der Waals surface area contributed by atoms with Gasteiger partial charge in [-0.3, -0.25) is 0 Å². The number of nitrogens with one attached hydrogen (secondary N) is 1. The van der Waals surface area contributed by atoms with Crippen LogP contribution in [0.3, 0.4) is 0 Å². The number of hydrogen-bond donors (Lipinski definition) is 1. The molecule has 0 saturated heterocycles. The molecule has 0 aliphatic carbocycles. The van der Waals surface area contributed by atoms with E-state index in [2.05, 4.69) is 42.0 Å². The molecule has 0 aromatic heterocycles. The van der Waals surface area contributed by atoms with Crippen LogP contribution in [-0.2, 0) is 6.54 Å². The number of benzene rings is 1. The second-order valence-electron chi connectivity index (χ2n) is 4.43. The predicted molar refractivity (Wildman–Crippen MR) is 74.5 cm³/mol. The fraction of sp³-hybridized carbons (Fsp3) is 0.571. The molecule has 1 N–H and O–H groups in total. The highest BCUT2D eigenvalue weighted by Gasteiger charge is 2.22. The third kappa shape index (κ3) is 3.78. The van der Waals surface area contributed by atoms with Gasteiger partial charge in [-0.15, -0.1) is 0 Å². The average molecular weight is 302 g/mol. The summed E-state index contributed by atoms with van der Waals surface area (Å²) in [4.78, 5) is 0. The highest BCUT2D eigenvalue weighted by molar-refractivity contribution is 9.10. The first kappa shape index (κ1) is 14.7. The molecule has 0 aliphatic rings. The normalized spacial score (nSPS) is 11.8. The molecule has 0 unspecified atom stereocenters. The summed E-state index contributed by atoms with van der Waals surface area (Å²) in [6.45, 7) is 7.29. The maximum atomic E-state index is 13.2. The standard InChI is InChI=1S/C14H21BrFN/c1-4-14(5-2,6-3)17-10-11-9-12(16)7-8-13(11)15/h7-9,17H,4-6,10H2,1-3H3. The van der Waals surface area contributed by atoms with Crippen molar-refractivity contribution in [3.8, 4) is 0 Å². The molecular weight excluding hydrogens is 281 g/mol. The van der Waals surface area contributed by atoms with E-state index in [1.54, 1.807) is 12.1 Å². The van der Waals surface area contributed by atoms with Gasteiger partial charge in [-0.2, -0.15) is 0 Å². The van der Waals surface area contributed by atoms with Crippen LogP contribution in [-0.4, -0.2) is 5.54 Å². The van der Waals surface area contributed by atoms with E-state index in [4.69, 9.17) is 0 Å². The zero-order valence-electron chi connectivity index (χ0n) is 10.8. The zero-order valence-corrected chi connectivity index (χ0v) is 12.4. The summed E-state index contributed by atoms with van der Waals surface area (Å²) in [5.74, 6) is -0.180. The summed E-state index contributed by atoms with van der Waals surface area (Å²) in [6, 6.07) is 4.82. The van der Waals surface area contributed by atoms with E-state index in [1.807, 2.05) is 0 Å². The largest absolute Gasteiger partial charge is 0.307 e. The molecule has 3 heteroatoms. The highest BCUT2D eigenvalue weighted by Crippen LogP contribution is 2.22. The monoisotopic (exact) mass is 301 g/mol. The SMILES string of the molecule is CCC(CC)(CC)NCc1cc(F)ccc1Br. The summed E-state index contributed by atoms with van der Waals surface area (Å²) < 4.78 is 14.1. The quantitative estimate of drug-likeness (QED) is 0.806. The molecule has 0 atom stereocenters. The van der Waals surface area contributed by atoms with E-state index in [9.17, 15) is 4.39 Å². The highest BCUT2D eigenvalue weighted by atomic mass is 79.9. The van der Waals surface area contributed by atoms with Crippen molar-refractivity contribution < 1.29 is 4.39 Å². The van der Waals surface area contributed by atoms with Gasteiger partial charge in [-0.1, -0.05) is 36.7 Å². The molecule has 0 aliphatic heterocycles. The number of halogens is 2. The summed E-state index contributed by atoms with van der Waals surface area (Å²) in [6.07, 6.45) is 3.27. The Labute approximate surface area is 112 Å². The minimum atomic E-state index is -0.180. The fourth-order valence-corrected chi connectivity index (χ4v) is 2.47. The Morgan fingerprint density at radius 1 is 1.18 bits per heavy atom. The smallest absolute Gasteiger partial charge is 0.123 e. The molecule has 0 bridgehead atoms. The van der Waals surface area contributed by atoms with E-state index in [0.29, 0.717) is 6.54 Å². The third-order valence-electron chi connectivity index (χ3n) is 3.69. The average Bonchev–Trinajstić information content (AvgIpc) is 2.35. The van der Waals surface area contributed by atoms with Gasteiger partial charge >= 0.3 is 0 Å². The van der Waals surface area contributed by atoms with Crippen LogP contribution in [0.5, 0.6) is 0 Å². The fourth-order valence-electron chi connectivity index (χ4n) is 2.09. The maximum absolute atomic E-state index is 13.2. The second-order valence-corrected chi connectivity index (χ2v) is 5.28. The molecule has 96 valence electrons. The lowest BCUT2D eigenvalue weighted by molar-refractivity contribution is 0.287. The lowest BCUT2D eigenvalue weighted by atomic mass is 9.89. The van der Waals surface area contributed by atoms with Crippen LogP contribution < -0.4 is 5.32 Å². The molecule has 0 saturated carbocycles. The summed E-state index contributed by atoms with van der Waals surface area (Å²) in [5.41, 5.74) is 1.15. The Hall–Kier alpha value is -0.410. The summed E-state index contributed by atoms with van der Waals surface area (Å²) in [5, 5.41) is 3.57. The van der Waals surface area contributed by atoms with E-state index < -0.39 is 0 Å². The second kappa shape index (κ2) is 6.50. The minimum absolute atomic E-state index is 0.172. The van der Waals surface area contributed by atoms with Crippen molar-refractivity contribution in [3.63, 3.8) is 0 Å². The molecule has 0 amide bonds. The molecule has 1 nitrogen and oxygen atoms in total. The van der Waals surface area contributed by atoms with Gasteiger partial charge in [0.2, 0.25) is 0 Å². The van der Waals surface area contributed by atoms with Gasteiger partial charge in [0.25, 0.3) is 0 Å². The van der Waals surface area contributed by atoms with Gasteiger partial charge in [0.1, 0.15) is 5.82 Å². The minimum Gasteiger partial charge on any atom is -0.307 e. The molecule has 0 heterocycles. The molecule has 17 heavy (non-hydrogen) atoms. The van der Waals surface area contributed by atoms with Gasteiger partial charge < -0.3 is 5.32 Å². The molecule has 1 rings (SSSR count). The van der Waals surface area contributed by atoms with E-state index in [0.717, 1.165) is 29.3 Å². The first-order valence-corrected chi connectivity index (χ1v) is 7.05. The molecule has 0 spiro atoms. The van der Waals surface area contributed by atoms with E-state index in [-0.39, 0.29) is 11.4 Å². The van der Waals surface area contributed by atoms with Crippen molar-refractivity contribution in [2.24, 2.45) is 0 Å². The van der Waals surface area contributed by atoms with Gasteiger partial charge in [0.05, 0.1) is 0 Å². The van der Waals surface area contributed by atoms with Crippen molar-refractivity contribution in [3.05, 3.63) is 34.1 Å². The lowest BCUT2D eigenvalue weighted by Crippen LogP contribution is -2.43. The lowest BCUT2D eigenvalue weighted by Gasteiger charge is -2.32. The summed E-state index contributed by atoms with van der Waals surface area (Å²) >= 11 is 3.46. The van der Waals surface area contributed by atoms with E-state index >= 15 is 0 Å². The van der Waals surface area contributed by atoms with Crippen LogP contribution >= 0.6 is 15.9 Å². The van der Waals surface area contributed by atoms with Gasteiger partial charge in [0.15, 0.2) is 0 Å². The van der Waals surface area contributed by atoms with E-state index in [1.165, 1.54) is 6.07 Å².